The topological polar surface area (TPSA) is 174 Å². The van der Waals surface area contributed by atoms with E-state index in [1.165, 1.54) is 7.05 Å². The molecule has 0 amide bonds. The Bertz CT molecular complexity index is 600. The molecule has 0 aromatic heterocycles. The number of nitrogens with two attached hydrogens (primary N) is 3. The number of carboxylic acids is 1. The minimum atomic E-state index is -3.25. The summed E-state index contributed by atoms with van der Waals surface area (Å²) < 4.78 is 24.4. The molecule has 0 aliphatic carbocycles. The number of carboxylic acid groups (broad SMARTS) is 1. The van der Waals surface area contributed by atoms with Gasteiger partial charge in [-0.2, -0.15) is 0 Å². The van der Waals surface area contributed by atoms with Crippen LogP contribution < -0.4 is 21.9 Å². The van der Waals surface area contributed by atoms with Crippen molar-refractivity contribution < 1.29 is 18.3 Å². The van der Waals surface area contributed by atoms with Crippen molar-refractivity contribution in [3.63, 3.8) is 0 Å². The SMILES string of the molecule is CNS(=O)(=O)c1ccccc1.NC(N)=NCCCC(N)C(=O)O. The van der Waals surface area contributed by atoms with E-state index in [2.05, 4.69) is 9.71 Å². The van der Waals surface area contributed by atoms with Gasteiger partial charge in [0.2, 0.25) is 10.0 Å². The molecular formula is C13H23N5O4S. The average Bonchev–Trinajstić information content (AvgIpc) is 2.52. The molecular weight excluding hydrogens is 322 g/mol. The molecule has 0 bridgehead atoms. The second-order valence-electron chi connectivity index (χ2n) is 4.41. The number of rotatable bonds is 7. The number of nitrogens with one attached hydrogen (secondary N) is 1. The van der Waals surface area contributed by atoms with Gasteiger partial charge in [-0.05, 0) is 32.0 Å². The van der Waals surface area contributed by atoms with Crippen LogP contribution in [0, 0.1) is 0 Å². The summed E-state index contributed by atoms with van der Waals surface area (Å²) in [5.41, 5.74) is 15.3. The quantitative estimate of drug-likeness (QED) is 0.240. The lowest BCUT2D eigenvalue weighted by Gasteiger charge is -2.03. The number of benzene rings is 1. The van der Waals surface area contributed by atoms with Crippen molar-refractivity contribution in [3.05, 3.63) is 30.3 Å². The van der Waals surface area contributed by atoms with Gasteiger partial charge in [0.1, 0.15) is 6.04 Å². The first-order valence-corrected chi connectivity index (χ1v) is 8.21. The largest absolute Gasteiger partial charge is 0.480 e. The van der Waals surface area contributed by atoms with Gasteiger partial charge in [0.25, 0.3) is 0 Å². The van der Waals surface area contributed by atoms with Gasteiger partial charge in [-0.25, -0.2) is 13.1 Å². The van der Waals surface area contributed by atoms with Crippen LogP contribution in [0.5, 0.6) is 0 Å². The minimum Gasteiger partial charge on any atom is -0.480 e. The Hall–Kier alpha value is -2.17. The molecule has 8 N–H and O–H groups in total. The molecule has 0 aliphatic rings. The predicted octanol–water partition coefficient (Wildman–Crippen LogP) is -0.953. The van der Waals surface area contributed by atoms with Crippen LogP contribution in [0.2, 0.25) is 0 Å². The second-order valence-corrected chi connectivity index (χ2v) is 6.30. The summed E-state index contributed by atoms with van der Waals surface area (Å²) >= 11 is 0. The van der Waals surface area contributed by atoms with Crippen molar-refractivity contribution in [2.45, 2.75) is 23.8 Å². The maximum Gasteiger partial charge on any atom is 0.320 e. The van der Waals surface area contributed by atoms with Gasteiger partial charge in [0.15, 0.2) is 5.96 Å². The van der Waals surface area contributed by atoms with E-state index in [9.17, 15) is 13.2 Å². The smallest absolute Gasteiger partial charge is 0.320 e. The van der Waals surface area contributed by atoms with Crippen LogP contribution in [0.25, 0.3) is 0 Å². The third kappa shape index (κ3) is 9.45. The molecule has 1 atom stereocenters. The molecule has 0 fully saturated rings. The maximum absolute atomic E-state index is 11.1. The van der Waals surface area contributed by atoms with Crippen LogP contribution in [0.15, 0.2) is 40.2 Å². The van der Waals surface area contributed by atoms with E-state index in [1.54, 1.807) is 30.3 Å². The molecule has 0 heterocycles. The van der Waals surface area contributed by atoms with E-state index in [0.29, 0.717) is 24.3 Å². The van der Waals surface area contributed by atoms with E-state index in [0.717, 1.165) is 0 Å². The summed E-state index contributed by atoms with van der Waals surface area (Å²) in [5.74, 6) is -0.987. The molecule has 1 aromatic carbocycles. The lowest BCUT2D eigenvalue weighted by atomic mass is 10.2. The zero-order valence-corrected chi connectivity index (χ0v) is 13.7. The third-order valence-corrected chi connectivity index (χ3v) is 4.04. The standard InChI is InChI=1S/C7H9NO2S.C6H14N4O2/c1-8-11(9,10)7-5-3-2-4-6-7;7-4(5(11)12)2-1-3-10-6(8)9/h2-6,8H,1H3;4H,1-3,7H2,(H,11,12)(H4,8,9,10). The van der Waals surface area contributed by atoms with E-state index >= 15 is 0 Å². The summed E-state index contributed by atoms with van der Waals surface area (Å²) in [6, 6.07) is 7.42. The molecule has 0 saturated carbocycles. The van der Waals surface area contributed by atoms with Gasteiger partial charge >= 0.3 is 5.97 Å². The van der Waals surface area contributed by atoms with E-state index in [1.807, 2.05) is 0 Å². The molecule has 0 spiro atoms. The molecule has 130 valence electrons. The Morgan fingerprint density at radius 1 is 1.30 bits per heavy atom. The first-order chi connectivity index (χ1) is 10.7. The van der Waals surface area contributed by atoms with Gasteiger partial charge in [0, 0.05) is 6.54 Å². The monoisotopic (exact) mass is 345 g/mol. The average molecular weight is 345 g/mol. The summed E-state index contributed by atoms with van der Waals surface area (Å²) in [6.07, 6.45) is 0.956. The van der Waals surface area contributed by atoms with E-state index < -0.39 is 22.0 Å². The molecule has 23 heavy (non-hydrogen) atoms. The highest BCUT2D eigenvalue weighted by atomic mass is 32.2. The van der Waals surface area contributed by atoms with E-state index in [4.69, 9.17) is 22.3 Å². The van der Waals surface area contributed by atoms with Gasteiger partial charge < -0.3 is 22.3 Å². The zero-order chi connectivity index (χ0) is 17.9. The highest BCUT2D eigenvalue weighted by Crippen LogP contribution is 2.05. The highest BCUT2D eigenvalue weighted by molar-refractivity contribution is 7.89. The minimum absolute atomic E-state index is 0.0129. The number of nitrogens with zero attached hydrogens (tertiary/aromatic N) is 1. The van der Waals surface area contributed by atoms with E-state index in [-0.39, 0.29) is 5.96 Å². The van der Waals surface area contributed by atoms with Crippen LogP contribution >= 0.6 is 0 Å². The van der Waals surface area contributed by atoms with Crippen molar-refractivity contribution in [3.8, 4) is 0 Å². The molecule has 0 radical (unpaired) electrons. The Balaban J connectivity index is 0.000000422. The molecule has 0 saturated heterocycles. The van der Waals surface area contributed by atoms with Gasteiger partial charge in [0.05, 0.1) is 4.90 Å². The normalized spacial score (nSPS) is 11.7. The van der Waals surface area contributed by atoms with Crippen LogP contribution in [-0.2, 0) is 14.8 Å². The number of guanidine groups is 1. The fourth-order valence-corrected chi connectivity index (χ4v) is 2.11. The third-order valence-electron chi connectivity index (χ3n) is 2.61. The van der Waals surface area contributed by atoms with Crippen molar-refractivity contribution in [2.75, 3.05) is 13.6 Å². The number of hydrogen-bond acceptors (Lipinski definition) is 5. The zero-order valence-electron chi connectivity index (χ0n) is 12.8. The van der Waals surface area contributed by atoms with Crippen molar-refractivity contribution in [1.29, 1.82) is 0 Å². The number of hydrogen-bond donors (Lipinski definition) is 5. The molecule has 10 heteroatoms. The van der Waals surface area contributed by atoms with Crippen LogP contribution in [0.3, 0.4) is 0 Å². The summed E-state index contributed by atoms with van der Waals surface area (Å²) in [7, 11) is -1.86. The molecule has 0 aliphatic heterocycles. The number of sulfonamides is 1. The Morgan fingerprint density at radius 2 is 1.87 bits per heavy atom. The Kier molecular flexibility index (Phi) is 9.54. The van der Waals surface area contributed by atoms with Crippen molar-refractivity contribution >= 4 is 22.0 Å². The number of aliphatic carboxylic acids is 1. The molecule has 1 aromatic rings. The van der Waals surface area contributed by atoms with Crippen LogP contribution in [-0.4, -0.2) is 45.1 Å². The van der Waals surface area contributed by atoms with Crippen LogP contribution in [0.4, 0.5) is 0 Å². The van der Waals surface area contributed by atoms with Crippen molar-refractivity contribution in [1.82, 2.24) is 4.72 Å². The summed E-state index contributed by atoms with van der Waals surface area (Å²) in [6.45, 7) is 0.420. The second kappa shape index (κ2) is 10.5. The van der Waals surface area contributed by atoms with Gasteiger partial charge in [-0.1, -0.05) is 18.2 Å². The predicted molar refractivity (Wildman–Crippen MR) is 88.2 cm³/mol. The highest BCUT2D eigenvalue weighted by Gasteiger charge is 2.09. The number of aliphatic imine (C=N–C) groups is 1. The Labute approximate surface area is 135 Å². The summed E-state index contributed by atoms with van der Waals surface area (Å²) in [4.78, 5) is 14.2. The molecule has 1 unspecified atom stereocenters. The number of carbonyl (C=O) groups is 1. The van der Waals surface area contributed by atoms with Gasteiger partial charge in [-0.3, -0.25) is 9.79 Å². The first kappa shape index (κ1) is 20.8. The maximum atomic E-state index is 11.1. The fraction of sp³-hybridized carbons (Fsp3) is 0.385. The summed E-state index contributed by atoms with van der Waals surface area (Å²) in [5, 5.41) is 8.38. The molecule has 1 rings (SSSR count). The van der Waals surface area contributed by atoms with Crippen molar-refractivity contribution in [2.24, 2.45) is 22.2 Å². The van der Waals surface area contributed by atoms with Crippen LogP contribution in [0.1, 0.15) is 12.8 Å². The Morgan fingerprint density at radius 3 is 2.30 bits per heavy atom. The lowest BCUT2D eigenvalue weighted by Crippen LogP contribution is -2.30. The first-order valence-electron chi connectivity index (χ1n) is 6.73. The fourth-order valence-electron chi connectivity index (χ4n) is 1.36. The lowest BCUT2D eigenvalue weighted by molar-refractivity contribution is -0.138. The molecule has 9 nitrogen and oxygen atoms in total. The van der Waals surface area contributed by atoms with Gasteiger partial charge in [-0.15, -0.1) is 0 Å².